The Morgan fingerprint density at radius 2 is 1.96 bits per heavy atom. The van der Waals surface area contributed by atoms with Gasteiger partial charge in [0.1, 0.15) is 5.82 Å². The third-order valence-corrected chi connectivity index (χ3v) is 3.59. The summed E-state index contributed by atoms with van der Waals surface area (Å²) in [5.41, 5.74) is 2.23. The van der Waals surface area contributed by atoms with Crippen LogP contribution in [-0.4, -0.2) is 25.0 Å². The lowest BCUT2D eigenvalue weighted by Gasteiger charge is -2.06. The first-order valence-electron chi connectivity index (χ1n) is 7.69. The topological polar surface area (TPSA) is 69.2 Å². The predicted molar refractivity (Wildman–Crippen MR) is 89.0 cm³/mol. The number of benzene rings is 2. The highest BCUT2D eigenvalue weighted by molar-refractivity contribution is 5.99. The minimum absolute atomic E-state index is 0.205. The second kappa shape index (κ2) is 7.65. The summed E-state index contributed by atoms with van der Waals surface area (Å²) in [6.07, 6.45) is 0. The van der Waals surface area contributed by atoms with Gasteiger partial charge in [-0.05, 0) is 42.8 Å². The minimum Gasteiger partial charge on any atom is -0.454 e. The maximum atomic E-state index is 12.8. The average Bonchev–Trinajstić information content (AvgIpc) is 3.09. The van der Waals surface area contributed by atoms with Crippen LogP contribution in [0.3, 0.4) is 0 Å². The van der Waals surface area contributed by atoms with Crippen LogP contribution < -0.4 is 14.8 Å². The number of amides is 1. The number of hydrogen-bond acceptors (Lipinski definition) is 5. The number of rotatable bonds is 6. The van der Waals surface area contributed by atoms with Gasteiger partial charge in [0.05, 0.1) is 5.71 Å². The number of hydrogen-bond donors (Lipinski definition) is 1. The van der Waals surface area contributed by atoms with E-state index in [9.17, 15) is 9.18 Å². The molecule has 1 N–H and O–H groups in total. The van der Waals surface area contributed by atoms with Crippen LogP contribution in [0.5, 0.6) is 11.5 Å². The Hall–Kier alpha value is -3.09. The van der Waals surface area contributed by atoms with E-state index in [4.69, 9.17) is 14.3 Å². The molecule has 0 aromatic heterocycles. The van der Waals surface area contributed by atoms with E-state index in [-0.39, 0.29) is 25.1 Å². The number of oxime groups is 1. The summed E-state index contributed by atoms with van der Waals surface area (Å²) >= 11 is 0. The fraction of sp³-hybridized carbons (Fsp3) is 0.222. The lowest BCUT2D eigenvalue weighted by molar-refractivity contribution is -0.125. The van der Waals surface area contributed by atoms with Gasteiger partial charge < -0.3 is 19.6 Å². The molecular weight excluding hydrogens is 327 g/mol. The molecule has 0 spiro atoms. The number of carbonyl (C=O) groups excluding carboxylic acids is 1. The number of carbonyl (C=O) groups is 1. The smallest absolute Gasteiger partial charge is 0.261 e. The highest BCUT2D eigenvalue weighted by Crippen LogP contribution is 2.32. The van der Waals surface area contributed by atoms with Crippen LogP contribution in [0.2, 0.25) is 0 Å². The zero-order chi connectivity index (χ0) is 17.6. The minimum atomic E-state index is -0.313. The predicted octanol–water partition coefficient (Wildman–Crippen LogP) is 2.61. The van der Waals surface area contributed by atoms with E-state index >= 15 is 0 Å². The van der Waals surface area contributed by atoms with E-state index in [0.717, 1.165) is 11.1 Å². The molecule has 0 fully saturated rings. The Morgan fingerprint density at radius 1 is 1.20 bits per heavy atom. The Morgan fingerprint density at radius 3 is 2.76 bits per heavy atom. The van der Waals surface area contributed by atoms with Crippen molar-refractivity contribution in [3.63, 3.8) is 0 Å². The van der Waals surface area contributed by atoms with Gasteiger partial charge in [0, 0.05) is 12.1 Å². The first kappa shape index (κ1) is 16.8. The monoisotopic (exact) mass is 344 g/mol. The molecule has 2 aromatic rings. The van der Waals surface area contributed by atoms with Crippen molar-refractivity contribution in [3.8, 4) is 11.5 Å². The number of nitrogens with zero attached hydrogens (tertiary/aromatic N) is 1. The quantitative estimate of drug-likeness (QED) is 0.646. The van der Waals surface area contributed by atoms with Crippen molar-refractivity contribution in [1.29, 1.82) is 0 Å². The number of ether oxygens (including phenoxy) is 2. The van der Waals surface area contributed by atoms with Gasteiger partial charge in [-0.1, -0.05) is 17.3 Å². The molecule has 0 bridgehead atoms. The van der Waals surface area contributed by atoms with E-state index in [1.807, 2.05) is 6.07 Å². The zero-order valence-electron chi connectivity index (χ0n) is 13.6. The largest absolute Gasteiger partial charge is 0.454 e. The van der Waals surface area contributed by atoms with Crippen molar-refractivity contribution < 1.29 is 23.5 Å². The van der Waals surface area contributed by atoms with Gasteiger partial charge in [-0.2, -0.15) is 0 Å². The highest BCUT2D eigenvalue weighted by Gasteiger charge is 2.14. The summed E-state index contributed by atoms with van der Waals surface area (Å²) in [6.45, 7) is 2.07. The molecule has 7 heteroatoms. The third-order valence-electron chi connectivity index (χ3n) is 3.59. The second-order valence-electron chi connectivity index (χ2n) is 5.42. The number of nitrogens with one attached hydrogen (secondary N) is 1. The van der Waals surface area contributed by atoms with E-state index in [1.54, 1.807) is 31.2 Å². The van der Waals surface area contributed by atoms with Crippen LogP contribution in [0, 0.1) is 5.82 Å². The highest BCUT2D eigenvalue weighted by atomic mass is 19.1. The molecule has 0 saturated heterocycles. The maximum absolute atomic E-state index is 12.8. The molecule has 1 amide bonds. The molecular formula is C18H17FN2O4. The van der Waals surface area contributed by atoms with Crippen LogP contribution in [0.1, 0.15) is 18.1 Å². The van der Waals surface area contributed by atoms with Crippen LogP contribution in [0.4, 0.5) is 4.39 Å². The summed E-state index contributed by atoms with van der Waals surface area (Å²) < 4.78 is 23.4. The summed E-state index contributed by atoms with van der Waals surface area (Å²) in [5.74, 6) is 0.722. The Balaban J connectivity index is 1.47. The van der Waals surface area contributed by atoms with Crippen LogP contribution in [0.25, 0.3) is 0 Å². The number of fused-ring (bicyclic) bond motifs is 1. The molecule has 1 heterocycles. The molecule has 0 atom stereocenters. The lowest BCUT2D eigenvalue weighted by Crippen LogP contribution is -2.26. The van der Waals surface area contributed by atoms with Crippen molar-refractivity contribution in [1.82, 2.24) is 5.32 Å². The molecule has 3 rings (SSSR count). The molecule has 2 aromatic carbocycles. The van der Waals surface area contributed by atoms with E-state index < -0.39 is 0 Å². The van der Waals surface area contributed by atoms with E-state index in [1.165, 1.54) is 12.1 Å². The summed E-state index contributed by atoms with van der Waals surface area (Å²) in [6, 6.07) is 11.3. The Bertz CT molecular complexity index is 790. The van der Waals surface area contributed by atoms with Crippen LogP contribution in [-0.2, 0) is 16.2 Å². The zero-order valence-corrected chi connectivity index (χ0v) is 13.6. The van der Waals surface area contributed by atoms with E-state index in [2.05, 4.69) is 10.5 Å². The van der Waals surface area contributed by atoms with Crippen molar-refractivity contribution in [3.05, 3.63) is 59.4 Å². The summed E-state index contributed by atoms with van der Waals surface area (Å²) in [7, 11) is 0. The summed E-state index contributed by atoms with van der Waals surface area (Å²) in [5, 5.41) is 6.61. The molecule has 0 aliphatic carbocycles. The Kier molecular flexibility index (Phi) is 5.13. The Labute approximate surface area is 144 Å². The van der Waals surface area contributed by atoms with Gasteiger partial charge in [0.15, 0.2) is 18.1 Å². The molecule has 0 radical (unpaired) electrons. The van der Waals surface area contributed by atoms with Gasteiger partial charge in [0.2, 0.25) is 6.79 Å². The maximum Gasteiger partial charge on any atom is 0.261 e. The molecule has 6 nitrogen and oxygen atoms in total. The van der Waals surface area contributed by atoms with Crippen molar-refractivity contribution in [2.45, 2.75) is 13.5 Å². The summed E-state index contributed by atoms with van der Waals surface area (Å²) in [4.78, 5) is 16.8. The normalized spacial score (nSPS) is 12.8. The first-order chi connectivity index (χ1) is 12.1. The lowest BCUT2D eigenvalue weighted by atomic mass is 10.1. The molecule has 1 aliphatic rings. The van der Waals surface area contributed by atoms with E-state index in [0.29, 0.717) is 23.8 Å². The molecule has 1 aliphatic heterocycles. The second-order valence-corrected chi connectivity index (χ2v) is 5.42. The SMILES string of the molecule is C/C(=N/OCC(=O)NCc1ccc(F)cc1)c1ccc2c(c1)OCO2. The number of halogens is 1. The fourth-order valence-electron chi connectivity index (χ4n) is 2.22. The molecule has 130 valence electrons. The van der Waals surface area contributed by atoms with Gasteiger partial charge in [0.25, 0.3) is 5.91 Å². The van der Waals surface area contributed by atoms with Crippen molar-refractivity contribution >= 4 is 11.6 Å². The van der Waals surface area contributed by atoms with Gasteiger partial charge in [-0.15, -0.1) is 0 Å². The van der Waals surface area contributed by atoms with Gasteiger partial charge in [-0.3, -0.25) is 4.79 Å². The standard InChI is InChI=1S/C18H17FN2O4/c1-12(14-4-7-16-17(8-14)24-11-23-16)21-25-10-18(22)20-9-13-2-5-15(19)6-3-13/h2-8H,9-11H2,1H3,(H,20,22)/b21-12-. The molecule has 0 unspecified atom stereocenters. The third kappa shape index (κ3) is 4.47. The fourth-order valence-corrected chi connectivity index (χ4v) is 2.22. The molecule has 0 saturated carbocycles. The van der Waals surface area contributed by atoms with Crippen molar-refractivity contribution in [2.75, 3.05) is 13.4 Å². The van der Waals surface area contributed by atoms with Crippen LogP contribution in [0.15, 0.2) is 47.6 Å². The van der Waals surface area contributed by atoms with Crippen LogP contribution >= 0.6 is 0 Å². The van der Waals surface area contributed by atoms with Crippen molar-refractivity contribution in [2.24, 2.45) is 5.16 Å². The molecule has 25 heavy (non-hydrogen) atoms. The average molecular weight is 344 g/mol. The van der Waals surface area contributed by atoms with Gasteiger partial charge >= 0.3 is 0 Å². The first-order valence-corrected chi connectivity index (χ1v) is 7.69. The van der Waals surface area contributed by atoms with Gasteiger partial charge in [-0.25, -0.2) is 4.39 Å².